The lowest BCUT2D eigenvalue weighted by Gasteiger charge is -2.38. The molecule has 3 fully saturated rings. The molecular formula is C82H74F8N12O14. The topological polar surface area (TPSA) is 316 Å². The van der Waals surface area contributed by atoms with E-state index in [0.717, 1.165) is 44.3 Å². The monoisotopic (exact) mass is 1600 g/mol. The summed E-state index contributed by atoms with van der Waals surface area (Å²) in [5, 5.41) is 24.9. The van der Waals surface area contributed by atoms with Crippen molar-refractivity contribution in [2.75, 3.05) is 62.5 Å². The molecule has 0 saturated carbocycles. The van der Waals surface area contributed by atoms with Crippen LogP contribution in [0.1, 0.15) is 55.8 Å². The van der Waals surface area contributed by atoms with Crippen molar-refractivity contribution < 1.29 is 83.5 Å². The van der Waals surface area contributed by atoms with Gasteiger partial charge in [-0.25, -0.2) is 37.1 Å². The predicted octanol–water partition coefficient (Wildman–Crippen LogP) is 10.3. The molecule has 9 heterocycles. The quantitative estimate of drug-likeness (QED) is 0.0421. The number of fused-ring (bicyclic) bond motifs is 4. The first-order chi connectivity index (χ1) is 55.5. The molecule has 0 radical (unpaired) electrons. The predicted molar refractivity (Wildman–Crippen MR) is 412 cm³/mol. The molecule has 602 valence electrons. The minimum Gasteiger partial charge on any atom is -0.508 e. The number of amides is 2. The third kappa shape index (κ3) is 18.1. The first-order valence-electron chi connectivity index (χ1n) is 36.2. The fourth-order valence-corrected chi connectivity index (χ4v) is 13.8. The molecule has 0 spiro atoms. The van der Waals surface area contributed by atoms with Crippen LogP contribution in [0.15, 0.2) is 202 Å². The smallest absolute Gasteiger partial charge is 0.411 e. The summed E-state index contributed by atoms with van der Waals surface area (Å²) in [6, 6.07) is 29.5. The number of esters is 1. The number of morpholine rings is 2. The third-order valence-corrected chi connectivity index (χ3v) is 19.6. The van der Waals surface area contributed by atoms with Crippen LogP contribution in [0, 0.1) is 25.5 Å². The number of carboxylic acid groups (broad SMARTS) is 1. The van der Waals surface area contributed by atoms with Crippen LogP contribution < -0.4 is 47.7 Å². The van der Waals surface area contributed by atoms with Crippen LogP contribution in [0.4, 0.5) is 46.5 Å². The molecule has 6 aromatic carbocycles. The van der Waals surface area contributed by atoms with Crippen molar-refractivity contribution in [3.05, 3.63) is 269 Å². The average Bonchev–Trinajstić information content (AvgIpc) is 0.780. The van der Waals surface area contributed by atoms with Gasteiger partial charge in [0, 0.05) is 100 Å². The highest BCUT2D eigenvalue weighted by molar-refractivity contribution is 6.00. The van der Waals surface area contributed by atoms with Gasteiger partial charge >= 0.3 is 35.7 Å². The van der Waals surface area contributed by atoms with E-state index in [1.807, 2.05) is 6.07 Å². The molecule has 3 aliphatic heterocycles. The van der Waals surface area contributed by atoms with Gasteiger partial charge in [0.25, 0.3) is 22.9 Å². The van der Waals surface area contributed by atoms with Gasteiger partial charge in [0.05, 0.1) is 94.2 Å². The maximum atomic E-state index is 15.8. The van der Waals surface area contributed by atoms with Crippen molar-refractivity contribution in [1.29, 1.82) is 0 Å². The molecule has 15 rings (SSSR count). The number of nitrogens with one attached hydrogen (secondary N) is 2. The van der Waals surface area contributed by atoms with Crippen molar-refractivity contribution in [3.63, 3.8) is 0 Å². The normalized spacial score (nSPS) is 15.4. The van der Waals surface area contributed by atoms with Gasteiger partial charge in [0.15, 0.2) is 0 Å². The fraction of sp³-hybridized carbons (Fsp3) is 0.268. The SMILES string of the molecule is C1CCOC1.Cc1cc(N2CCOC[C@@H]2C(F)(F)F)cc(F)c1C(=O)N[C@@H](Cc1ccc(-n2c(=O)c3ccncc3n(C)c2=O)c2ncccc12)C(=O)O.Cc1cc(N2CCOC[C@@H]2C(F)(F)F)cc(F)c1C(=O)N[C@@H](Cc1ccc(-n2c(=O)c3ccncc3n(C)c2=O)c2ncccc12)C(=O)Oc1ccccc1.Oc1ccccc1. The van der Waals surface area contributed by atoms with Crippen LogP contribution in [0.2, 0.25) is 0 Å². The van der Waals surface area contributed by atoms with Crippen LogP contribution in [0.3, 0.4) is 0 Å². The number of para-hydroxylation sites is 2. The summed E-state index contributed by atoms with van der Waals surface area (Å²) in [6.07, 6.45) is 1.34. The molecule has 26 nitrogen and oxygen atoms in total. The summed E-state index contributed by atoms with van der Waals surface area (Å²) in [7, 11) is 3.00. The number of hydrogen-bond donors (Lipinski definition) is 4. The second-order valence-corrected chi connectivity index (χ2v) is 27.1. The Morgan fingerprint density at radius 1 is 0.534 bits per heavy atom. The number of pyridine rings is 4. The molecule has 0 unspecified atom stereocenters. The first-order valence-corrected chi connectivity index (χ1v) is 36.2. The highest BCUT2D eigenvalue weighted by Gasteiger charge is 2.47. The first kappa shape index (κ1) is 82.4. The number of nitrogens with zero attached hydrogens (tertiary/aromatic N) is 10. The number of phenolic OH excluding ortho intramolecular Hbond substituents is 1. The van der Waals surface area contributed by atoms with Crippen molar-refractivity contribution >= 4 is 78.7 Å². The van der Waals surface area contributed by atoms with Gasteiger partial charge in [0.2, 0.25) is 0 Å². The summed E-state index contributed by atoms with van der Waals surface area (Å²) in [4.78, 5) is 126. The molecule has 4 N–H and O–H groups in total. The van der Waals surface area contributed by atoms with E-state index >= 15 is 8.78 Å². The number of benzene rings is 6. The van der Waals surface area contributed by atoms with Crippen LogP contribution in [-0.4, -0.2) is 161 Å². The Balaban J connectivity index is 0.000000187. The highest BCUT2D eigenvalue weighted by Crippen LogP contribution is 2.36. The van der Waals surface area contributed by atoms with Crippen molar-refractivity contribution in [2.45, 2.75) is 76.1 Å². The molecule has 4 atom stereocenters. The molecule has 3 saturated heterocycles. The molecule has 34 heteroatoms. The zero-order chi connectivity index (χ0) is 82.9. The number of alkyl halides is 6. The van der Waals surface area contributed by atoms with E-state index in [1.54, 1.807) is 72.8 Å². The van der Waals surface area contributed by atoms with Gasteiger partial charge < -0.3 is 49.6 Å². The summed E-state index contributed by atoms with van der Waals surface area (Å²) in [5.74, 6) is -6.15. The van der Waals surface area contributed by atoms with E-state index in [0.29, 0.717) is 38.7 Å². The van der Waals surface area contributed by atoms with Crippen molar-refractivity contribution in [1.82, 2.24) is 48.8 Å². The van der Waals surface area contributed by atoms with Crippen LogP contribution in [0.25, 0.3) is 55.0 Å². The Bertz CT molecular complexity index is 5890. The lowest BCUT2D eigenvalue weighted by molar-refractivity contribution is -0.167. The number of carbonyl (C=O) groups excluding carboxylic acids is 3. The summed E-state index contributed by atoms with van der Waals surface area (Å²) < 4.78 is 139. The molecular weight excluding hydrogens is 1530 g/mol. The summed E-state index contributed by atoms with van der Waals surface area (Å²) >= 11 is 0. The van der Waals surface area contributed by atoms with Gasteiger partial charge in [-0.15, -0.1) is 0 Å². The van der Waals surface area contributed by atoms with Gasteiger partial charge in [-0.05, 0) is 134 Å². The number of halogens is 8. The summed E-state index contributed by atoms with van der Waals surface area (Å²) in [5.41, 5.74) is -1.37. The largest absolute Gasteiger partial charge is 0.508 e. The molecule has 6 aromatic heterocycles. The molecule has 2 amide bonds. The van der Waals surface area contributed by atoms with E-state index in [9.17, 15) is 69.8 Å². The van der Waals surface area contributed by atoms with Crippen LogP contribution in [0.5, 0.6) is 11.5 Å². The van der Waals surface area contributed by atoms with E-state index in [1.165, 1.54) is 142 Å². The van der Waals surface area contributed by atoms with Crippen LogP contribution >= 0.6 is 0 Å². The Kier molecular flexibility index (Phi) is 25.2. The fourth-order valence-electron chi connectivity index (χ4n) is 13.8. The minimum absolute atomic E-state index is 0.000756. The zero-order valence-corrected chi connectivity index (χ0v) is 62.4. The molecule has 0 aliphatic carbocycles. The number of aromatic hydroxyl groups is 1. The number of carbonyl (C=O) groups is 4. The number of aliphatic carboxylic acids is 1. The minimum atomic E-state index is -4.65. The van der Waals surface area contributed by atoms with E-state index in [-0.39, 0.29) is 101 Å². The van der Waals surface area contributed by atoms with Crippen LogP contribution in [-0.2, 0) is 50.7 Å². The number of carboxylic acids is 1. The van der Waals surface area contributed by atoms with Gasteiger partial charge in [-0.1, -0.05) is 60.7 Å². The second-order valence-electron chi connectivity index (χ2n) is 27.1. The van der Waals surface area contributed by atoms with E-state index in [4.69, 9.17) is 24.1 Å². The second kappa shape index (κ2) is 35.5. The number of anilines is 2. The number of hydrogen-bond acceptors (Lipinski definition) is 19. The Morgan fingerprint density at radius 3 is 1.36 bits per heavy atom. The van der Waals surface area contributed by atoms with Gasteiger partial charge in [-0.2, -0.15) is 26.3 Å². The number of rotatable bonds is 15. The zero-order valence-electron chi connectivity index (χ0n) is 62.4. The lowest BCUT2D eigenvalue weighted by Crippen LogP contribution is -2.53. The number of aromatic nitrogens is 8. The highest BCUT2D eigenvalue weighted by atomic mass is 19.4. The van der Waals surface area contributed by atoms with Gasteiger partial charge in [-0.3, -0.25) is 48.2 Å². The number of aryl methyl sites for hydroxylation is 4. The molecule has 3 aliphatic rings. The molecule has 12 aromatic rings. The Labute approximate surface area is 653 Å². The van der Waals surface area contributed by atoms with Gasteiger partial charge in [0.1, 0.15) is 47.3 Å². The maximum Gasteiger partial charge on any atom is 0.411 e. The Hall–Kier alpha value is -13.1. The van der Waals surface area contributed by atoms with E-state index in [2.05, 4.69) is 30.6 Å². The Morgan fingerprint density at radius 2 is 0.966 bits per heavy atom. The standard InChI is InChI=1S/C39H32F4N6O6.C33H28F4N6O6.C6H6O.C4H8O/c1-22-17-24(48-15-16-54-21-32(48)39(41,42)43)19-28(40)33(22)35(50)46-29(37(52)55-25-7-4-3-5-8-25)18-23-10-11-30(34-26(23)9-6-13-45-34)49-36(51)27-12-14-44-20-31(27)47(2)38(49)53;1-17-12-19(42-10-11-49-16-26(42)33(35,36)37)14-22(34)27(17)29(44)40-23(31(46)47)13-18-5-6-24(28-20(18)4-3-8-39-28)43-30(45)21-7-9-38-15-25(21)41(2)32(43)48;7-6-4-2-1-3-5-6;1-2-4-5-3-1/h3-14,17,19-20,29,32H,15-16,18,21H2,1-2H3,(H,46,50);3-9,12,14-15,23,26H,10-11,13,16H2,1-2H3,(H,40,44)(H,46,47);1-5,7H;1-4H2/t29-,32+;23-,26+;;/m00../s1. The van der Waals surface area contributed by atoms with Crippen molar-refractivity contribution in [3.8, 4) is 22.9 Å². The number of ether oxygens (including phenoxy) is 4. The van der Waals surface area contributed by atoms with E-state index < -0.39 is 119 Å². The van der Waals surface area contributed by atoms with Crippen molar-refractivity contribution in [2.24, 2.45) is 14.1 Å². The molecule has 0 bridgehead atoms. The molecule has 116 heavy (non-hydrogen) atoms. The maximum absolute atomic E-state index is 15.8. The lowest BCUT2D eigenvalue weighted by atomic mass is 9.99. The number of phenols is 1. The summed E-state index contributed by atoms with van der Waals surface area (Å²) in [6.45, 7) is 3.15. The third-order valence-electron chi connectivity index (χ3n) is 19.6. The average molecular weight is 1600 g/mol.